The van der Waals surface area contributed by atoms with E-state index in [1.54, 1.807) is 19.1 Å². The Labute approximate surface area is 111 Å². The third kappa shape index (κ3) is 1.95. The summed E-state index contributed by atoms with van der Waals surface area (Å²) in [5, 5.41) is 18.6. The zero-order valence-electron chi connectivity index (χ0n) is 10.8. The summed E-state index contributed by atoms with van der Waals surface area (Å²) >= 11 is 0. The Kier molecular flexibility index (Phi) is 3.18. The molecule has 1 aromatic carbocycles. The fraction of sp³-hybridized carbons (Fsp3) is 0.462. The van der Waals surface area contributed by atoms with Crippen LogP contribution in [0.4, 0.5) is 0 Å². The Morgan fingerprint density at radius 1 is 1.32 bits per heavy atom. The van der Waals surface area contributed by atoms with E-state index in [9.17, 15) is 23.4 Å². The van der Waals surface area contributed by atoms with E-state index < -0.39 is 26.7 Å². The number of carbonyl (C=O) groups is 1. The van der Waals surface area contributed by atoms with Gasteiger partial charge >= 0.3 is 5.97 Å². The minimum absolute atomic E-state index is 0.0346. The molecule has 2 rings (SSSR count). The van der Waals surface area contributed by atoms with Gasteiger partial charge in [0, 0.05) is 12.8 Å². The minimum atomic E-state index is -4.00. The first-order valence-electron chi connectivity index (χ1n) is 5.94. The number of sulfone groups is 1. The van der Waals surface area contributed by atoms with Crippen molar-refractivity contribution in [3.05, 3.63) is 29.3 Å². The first-order valence-corrected chi connectivity index (χ1v) is 7.42. The number of aliphatic hydroxyl groups excluding tert-OH is 1. The molecular formula is C13H16O5S. The molecule has 0 radical (unpaired) electrons. The van der Waals surface area contributed by atoms with Crippen molar-refractivity contribution in [3.63, 3.8) is 0 Å². The van der Waals surface area contributed by atoms with Crippen LogP contribution >= 0.6 is 0 Å². The van der Waals surface area contributed by atoms with Gasteiger partial charge in [-0.05, 0) is 25.5 Å². The molecule has 19 heavy (non-hydrogen) atoms. The highest BCUT2D eigenvalue weighted by Crippen LogP contribution is 2.44. The van der Waals surface area contributed by atoms with Gasteiger partial charge in [0.05, 0.1) is 11.0 Å². The van der Waals surface area contributed by atoms with Gasteiger partial charge in [-0.25, -0.2) is 8.42 Å². The quantitative estimate of drug-likeness (QED) is 0.865. The van der Waals surface area contributed by atoms with Crippen molar-refractivity contribution in [1.29, 1.82) is 0 Å². The molecular weight excluding hydrogens is 268 g/mol. The van der Waals surface area contributed by atoms with Gasteiger partial charge in [0.15, 0.2) is 14.6 Å². The van der Waals surface area contributed by atoms with Crippen LogP contribution in [0.3, 0.4) is 0 Å². The van der Waals surface area contributed by atoms with Gasteiger partial charge < -0.3 is 10.2 Å². The number of hydrogen-bond acceptors (Lipinski definition) is 4. The molecule has 104 valence electrons. The molecule has 0 heterocycles. The summed E-state index contributed by atoms with van der Waals surface area (Å²) in [6, 6.07) is 4.79. The molecule has 1 aliphatic carbocycles. The maximum atomic E-state index is 12.6. The van der Waals surface area contributed by atoms with Crippen LogP contribution in [0.5, 0.6) is 0 Å². The van der Waals surface area contributed by atoms with Gasteiger partial charge in [-0.1, -0.05) is 17.7 Å². The first kappa shape index (κ1) is 14.0. The van der Waals surface area contributed by atoms with E-state index in [4.69, 9.17) is 0 Å². The molecule has 1 fully saturated rings. The van der Waals surface area contributed by atoms with Crippen molar-refractivity contribution >= 4 is 15.8 Å². The zero-order valence-corrected chi connectivity index (χ0v) is 11.6. The average molecular weight is 284 g/mol. The minimum Gasteiger partial charge on any atom is -0.480 e. The second kappa shape index (κ2) is 4.31. The van der Waals surface area contributed by atoms with Gasteiger partial charge in [0.1, 0.15) is 0 Å². The van der Waals surface area contributed by atoms with Gasteiger partial charge in [0.25, 0.3) is 0 Å². The number of benzene rings is 1. The lowest BCUT2D eigenvalue weighted by Crippen LogP contribution is -2.58. The first-order chi connectivity index (χ1) is 8.70. The van der Waals surface area contributed by atoms with Crippen molar-refractivity contribution in [2.24, 2.45) is 0 Å². The van der Waals surface area contributed by atoms with Crippen LogP contribution in [-0.4, -0.2) is 35.5 Å². The number of rotatable bonds is 3. The summed E-state index contributed by atoms with van der Waals surface area (Å²) in [5.74, 6) is -1.39. The topological polar surface area (TPSA) is 91.7 Å². The highest BCUT2D eigenvalue weighted by Gasteiger charge is 2.60. The van der Waals surface area contributed by atoms with Crippen molar-refractivity contribution in [2.45, 2.75) is 42.4 Å². The second-order valence-corrected chi connectivity index (χ2v) is 7.36. The van der Waals surface area contributed by atoms with Crippen LogP contribution in [0.1, 0.15) is 24.0 Å². The fourth-order valence-corrected chi connectivity index (χ4v) is 4.73. The van der Waals surface area contributed by atoms with Crippen LogP contribution in [-0.2, 0) is 14.6 Å². The van der Waals surface area contributed by atoms with Crippen molar-refractivity contribution < 1.29 is 23.4 Å². The molecule has 0 aliphatic heterocycles. The summed E-state index contributed by atoms with van der Waals surface area (Å²) in [6.45, 7) is 3.48. The molecule has 0 aromatic heterocycles. The molecule has 0 unspecified atom stereocenters. The number of aryl methyl sites for hydroxylation is 2. The molecule has 2 N–H and O–H groups in total. The molecule has 1 saturated carbocycles. The monoisotopic (exact) mass is 284 g/mol. The number of hydrogen-bond donors (Lipinski definition) is 2. The predicted molar refractivity (Wildman–Crippen MR) is 68.7 cm³/mol. The number of carboxylic acid groups (broad SMARTS) is 1. The molecule has 5 nitrogen and oxygen atoms in total. The van der Waals surface area contributed by atoms with E-state index in [2.05, 4.69) is 0 Å². The van der Waals surface area contributed by atoms with Crippen LogP contribution in [0, 0.1) is 13.8 Å². The molecule has 6 heteroatoms. The lowest BCUT2D eigenvalue weighted by atomic mass is 9.81. The predicted octanol–water partition coefficient (Wildman–Crippen LogP) is 1.06. The van der Waals surface area contributed by atoms with Crippen molar-refractivity contribution in [1.82, 2.24) is 0 Å². The molecule has 0 bridgehead atoms. The molecule has 1 aliphatic rings. The summed E-state index contributed by atoms with van der Waals surface area (Å²) in [7, 11) is -4.00. The van der Waals surface area contributed by atoms with Gasteiger partial charge in [0.2, 0.25) is 0 Å². The lowest BCUT2D eigenvalue weighted by molar-refractivity contribution is -0.146. The second-order valence-electron chi connectivity index (χ2n) is 5.13. The van der Waals surface area contributed by atoms with Crippen LogP contribution < -0.4 is 0 Å². The Morgan fingerprint density at radius 2 is 1.89 bits per heavy atom. The number of carboxylic acids is 1. The molecule has 0 saturated heterocycles. The number of aliphatic hydroxyl groups is 1. The highest BCUT2D eigenvalue weighted by atomic mass is 32.2. The molecule has 0 amide bonds. The normalized spacial score (nSPS) is 26.8. The van der Waals surface area contributed by atoms with E-state index in [0.717, 1.165) is 5.56 Å². The average Bonchev–Trinajstić information content (AvgIpc) is 2.22. The maximum Gasteiger partial charge on any atom is 0.325 e. The summed E-state index contributed by atoms with van der Waals surface area (Å²) < 4.78 is 23.2. The van der Waals surface area contributed by atoms with Crippen LogP contribution in [0.25, 0.3) is 0 Å². The Hall–Kier alpha value is -1.40. The van der Waals surface area contributed by atoms with Gasteiger partial charge in [-0.3, -0.25) is 4.79 Å². The highest BCUT2D eigenvalue weighted by molar-refractivity contribution is 7.93. The van der Waals surface area contributed by atoms with Crippen molar-refractivity contribution in [3.8, 4) is 0 Å². The van der Waals surface area contributed by atoms with Crippen LogP contribution in [0.15, 0.2) is 23.1 Å². The third-order valence-corrected chi connectivity index (χ3v) is 6.23. The molecule has 0 atom stereocenters. The maximum absolute atomic E-state index is 12.6. The van der Waals surface area contributed by atoms with E-state index in [1.807, 2.05) is 6.92 Å². The van der Waals surface area contributed by atoms with Gasteiger partial charge in [-0.15, -0.1) is 0 Å². The van der Waals surface area contributed by atoms with E-state index in [1.165, 1.54) is 6.07 Å². The summed E-state index contributed by atoms with van der Waals surface area (Å²) in [4.78, 5) is 11.4. The lowest BCUT2D eigenvalue weighted by Gasteiger charge is -2.40. The standard InChI is InChI=1S/C13H16O5S/c1-8-3-4-11(9(2)5-8)19(17,18)13(12(15)16)6-10(14)7-13/h3-5,10,14H,6-7H2,1-2H3,(H,15,16). The SMILES string of the molecule is Cc1ccc(S(=O)(=O)C2(C(=O)O)CC(O)C2)c(C)c1. The third-order valence-electron chi connectivity index (χ3n) is 3.65. The Morgan fingerprint density at radius 3 is 2.32 bits per heavy atom. The fourth-order valence-electron chi connectivity index (χ4n) is 2.52. The largest absolute Gasteiger partial charge is 0.480 e. The Balaban J connectivity index is 2.56. The van der Waals surface area contributed by atoms with Crippen LogP contribution in [0.2, 0.25) is 0 Å². The smallest absolute Gasteiger partial charge is 0.325 e. The zero-order chi connectivity index (χ0) is 14.4. The molecule has 1 aromatic rings. The molecule has 0 spiro atoms. The van der Waals surface area contributed by atoms with E-state index >= 15 is 0 Å². The van der Waals surface area contributed by atoms with E-state index in [-0.39, 0.29) is 17.7 Å². The Bertz CT molecular complexity index is 626. The van der Waals surface area contributed by atoms with Gasteiger partial charge in [-0.2, -0.15) is 0 Å². The summed E-state index contributed by atoms with van der Waals surface area (Å²) in [5.41, 5.74) is 1.44. The van der Waals surface area contributed by atoms with E-state index in [0.29, 0.717) is 5.56 Å². The summed E-state index contributed by atoms with van der Waals surface area (Å²) in [6.07, 6.45) is -1.37. The van der Waals surface area contributed by atoms with Crippen molar-refractivity contribution in [2.75, 3.05) is 0 Å². The number of aliphatic carboxylic acids is 1.